The van der Waals surface area contributed by atoms with E-state index in [4.69, 9.17) is 17.3 Å². The highest BCUT2D eigenvalue weighted by Gasteiger charge is 2.33. The Morgan fingerprint density at radius 2 is 1.71 bits per heavy atom. The lowest BCUT2D eigenvalue weighted by Crippen LogP contribution is -2.30. The van der Waals surface area contributed by atoms with E-state index in [2.05, 4.69) is 4.99 Å². The molecule has 1 aromatic carbocycles. The minimum Gasteiger partial charge on any atom is -0.380 e. The second-order valence-corrected chi connectivity index (χ2v) is 2.91. The number of nitrogens with two attached hydrogens (primary N) is 1. The summed E-state index contributed by atoms with van der Waals surface area (Å²) in [6, 6.07) is 5.57. The third kappa shape index (κ3) is 2.92. The lowest BCUT2D eigenvalue weighted by molar-refractivity contribution is -0.0597. The first-order chi connectivity index (χ1) is 6.39. The van der Waals surface area contributed by atoms with Gasteiger partial charge in [0.1, 0.15) is 0 Å². The molecule has 0 heterocycles. The SMILES string of the molecule is NC(=Nc1ccc(Cl)cc1)C(F)(F)F. The van der Waals surface area contributed by atoms with Gasteiger partial charge in [0.2, 0.25) is 5.84 Å². The van der Waals surface area contributed by atoms with Gasteiger partial charge in [-0.15, -0.1) is 0 Å². The minimum atomic E-state index is -4.60. The number of rotatable bonds is 1. The van der Waals surface area contributed by atoms with E-state index < -0.39 is 12.0 Å². The summed E-state index contributed by atoms with van der Waals surface area (Å²) in [5.74, 6) is -1.38. The van der Waals surface area contributed by atoms with E-state index in [-0.39, 0.29) is 5.69 Å². The van der Waals surface area contributed by atoms with Crippen LogP contribution in [0.1, 0.15) is 0 Å². The average molecular weight is 223 g/mol. The molecule has 0 aliphatic heterocycles. The summed E-state index contributed by atoms with van der Waals surface area (Å²) >= 11 is 5.54. The molecule has 0 atom stereocenters. The first kappa shape index (κ1) is 10.8. The summed E-state index contributed by atoms with van der Waals surface area (Å²) in [6.07, 6.45) is -4.60. The minimum absolute atomic E-state index is 0.115. The Morgan fingerprint density at radius 3 is 2.14 bits per heavy atom. The lowest BCUT2D eigenvalue weighted by Gasteiger charge is -2.04. The molecule has 6 heteroatoms. The fourth-order valence-corrected chi connectivity index (χ4v) is 0.844. The largest absolute Gasteiger partial charge is 0.448 e. The molecule has 2 nitrogen and oxygen atoms in total. The zero-order valence-corrected chi connectivity index (χ0v) is 7.60. The van der Waals surface area contributed by atoms with Crippen LogP contribution < -0.4 is 5.73 Å². The number of amidine groups is 1. The van der Waals surface area contributed by atoms with Gasteiger partial charge in [-0.1, -0.05) is 11.6 Å². The van der Waals surface area contributed by atoms with Crippen LogP contribution in [0.25, 0.3) is 0 Å². The molecule has 0 radical (unpaired) electrons. The van der Waals surface area contributed by atoms with Gasteiger partial charge in [0, 0.05) is 5.02 Å². The van der Waals surface area contributed by atoms with Crippen molar-refractivity contribution in [3.05, 3.63) is 29.3 Å². The monoisotopic (exact) mass is 222 g/mol. The van der Waals surface area contributed by atoms with Gasteiger partial charge in [-0.05, 0) is 24.3 Å². The topological polar surface area (TPSA) is 38.4 Å². The van der Waals surface area contributed by atoms with Crippen molar-refractivity contribution in [2.24, 2.45) is 10.7 Å². The molecular formula is C8H6ClF3N2. The van der Waals surface area contributed by atoms with Crippen LogP contribution in [0.15, 0.2) is 29.3 Å². The van der Waals surface area contributed by atoms with Gasteiger partial charge in [-0.25, -0.2) is 4.99 Å². The van der Waals surface area contributed by atoms with E-state index in [1.54, 1.807) is 0 Å². The molecule has 0 aromatic heterocycles. The summed E-state index contributed by atoms with van der Waals surface area (Å²) in [6.45, 7) is 0. The highest BCUT2D eigenvalue weighted by molar-refractivity contribution is 6.30. The molecule has 0 fully saturated rings. The van der Waals surface area contributed by atoms with E-state index in [0.717, 1.165) is 0 Å². The van der Waals surface area contributed by atoms with Crippen LogP contribution in [0.3, 0.4) is 0 Å². The van der Waals surface area contributed by atoms with E-state index in [1.165, 1.54) is 24.3 Å². The smallest absolute Gasteiger partial charge is 0.380 e. The Hall–Kier alpha value is -1.23. The molecule has 0 saturated heterocycles. The van der Waals surface area contributed by atoms with Gasteiger partial charge in [0.05, 0.1) is 5.69 Å². The van der Waals surface area contributed by atoms with Crippen LogP contribution in [-0.2, 0) is 0 Å². The first-order valence-electron chi connectivity index (χ1n) is 3.56. The van der Waals surface area contributed by atoms with Crippen LogP contribution in [-0.4, -0.2) is 12.0 Å². The predicted octanol–water partition coefficient (Wildman–Crippen LogP) is 2.89. The molecule has 2 N–H and O–H groups in total. The quantitative estimate of drug-likeness (QED) is 0.576. The predicted molar refractivity (Wildman–Crippen MR) is 48.8 cm³/mol. The van der Waals surface area contributed by atoms with Crippen molar-refractivity contribution in [1.29, 1.82) is 0 Å². The van der Waals surface area contributed by atoms with Gasteiger partial charge < -0.3 is 5.73 Å². The molecule has 1 rings (SSSR count). The zero-order valence-electron chi connectivity index (χ0n) is 6.85. The number of halogens is 4. The van der Waals surface area contributed by atoms with Crippen molar-refractivity contribution >= 4 is 23.1 Å². The normalized spacial score (nSPS) is 13.0. The molecule has 0 aliphatic rings. The third-order valence-corrected chi connectivity index (χ3v) is 1.62. The second kappa shape index (κ2) is 3.88. The summed E-state index contributed by atoms with van der Waals surface area (Å²) in [7, 11) is 0. The molecule has 0 spiro atoms. The summed E-state index contributed by atoms with van der Waals surface area (Å²) in [5, 5.41) is 0.425. The number of nitrogens with zero attached hydrogens (tertiary/aromatic N) is 1. The molecule has 76 valence electrons. The Morgan fingerprint density at radius 1 is 1.21 bits per heavy atom. The van der Waals surface area contributed by atoms with Crippen LogP contribution in [0.5, 0.6) is 0 Å². The van der Waals surface area contributed by atoms with E-state index in [1.807, 2.05) is 0 Å². The van der Waals surface area contributed by atoms with Crippen molar-refractivity contribution in [1.82, 2.24) is 0 Å². The molecule has 0 aliphatic carbocycles. The van der Waals surface area contributed by atoms with Crippen molar-refractivity contribution in [2.75, 3.05) is 0 Å². The second-order valence-electron chi connectivity index (χ2n) is 2.47. The van der Waals surface area contributed by atoms with Crippen LogP contribution in [0.4, 0.5) is 18.9 Å². The van der Waals surface area contributed by atoms with Gasteiger partial charge >= 0.3 is 6.18 Å². The Kier molecular flexibility index (Phi) is 3.00. The Bertz CT molecular complexity index is 343. The van der Waals surface area contributed by atoms with Gasteiger partial charge in [0.15, 0.2) is 0 Å². The maximum absolute atomic E-state index is 11.9. The number of aliphatic imine (C=N–C) groups is 1. The standard InChI is InChI=1S/C8H6ClF3N2/c9-5-1-3-6(4-2-5)14-7(13)8(10,11)12/h1-4H,(H2,13,14). The maximum atomic E-state index is 11.9. The fourth-order valence-electron chi connectivity index (χ4n) is 0.718. The van der Waals surface area contributed by atoms with Gasteiger partial charge in [-0.3, -0.25) is 0 Å². The molecule has 0 amide bonds. The molecule has 0 unspecified atom stereocenters. The average Bonchev–Trinajstić information content (AvgIpc) is 2.07. The van der Waals surface area contributed by atoms with E-state index >= 15 is 0 Å². The maximum Gasteiger partial charge on any atom is 0.448 e. The van der Waals surface area contributed by atoms with E-state index in [9.17, 15) is 13.2 Å². The van der Waals surface area contributed by atoms with E-state index in [0.29, 0.717) is 5.02 Å². The van der Waals surface area contributed by atoms with Crippen molar-refractivity contribution in [3.8, 4) is 0 Å². The number of hydrogen-bond donors (Lipinski definition) is 1. The fraction of sp³-hybridized carbons (Fsp3) is 0.125. The van der Waals surface area contributed by atoms with Crippen molar-refractivity contribution in [3.63, 3.8) is 0 Å². The van der Waals surface area contributed by atoms with Gasteiger partial charge in [0.25, 0.3) is 0 Å². The van der Waals surface area contributed by atoms with Crippen molar-refractivity contribution < 1.29 is 13.2 Å². The zero-order chi connectivity index (χ0) is 10.8. The Balaban J connectivity index is 2.93. The summed E-state index contributed by atoms with van der Waals surface area (Å²) in [4.78, 5) is 3.18. The molecular weight excluding hydrogens is 217 g/mol. The number of benzene rings is 1. The number of hydrogen-bond acceptors (Lipinski definition) is 1. The summed E-state index contributed by atoms with van der Waals surface area (Å²) in [5.41, 5.74) is 4.83. The highest BCUT2D eigenvalue weighted by atomic mass is 35.5. The summed E-state index contributed by atoms with van der Waals surface area (Å²) < 4.78 is 35.8. The first-order valence-corrected chi connectivity index (χ1v) is 3.94. The number of alkyl halides is 3. The molecule has 14 heavy (non-hydrogen) atoms. The Labute approximate surface area is 83.2 Å². The highest BCUT2D eigenvalue weighted by Crippen LogP contribution is 2.20. The van der Waals surface area contributed by atoms with Crippen LogP contribution >= 0.6 is 11.6 Å². The lowest BCUT2D eigenvalue weighted by atomic mass is 10.3. The van der Waals surface area contributed by atoms with Crippen LogP contribution in [0, 0.1) is 0 Å². The molecule has 0 saturated carbocycles. The van der Waals surface area contributed by atoms with Gasteiger partial charge in [-0.2, -0.15) is 13.2 Å². The van der Waals surface area contributed by atoms with Crippen molar-refractivity contribution in [2.45, 2.75) is 6.18 Å². The third-order valence-electron chi connectivity index (χ3n) is 1.37. The molecule has 0 bridgehead atoms. The van der Waals surface area contributed by atoms with Crippen LogP contribution in [0.2, 0.25) is 5.02 Å². The molecule has 1 aromatic rings.